The van der Waals surface area contributed by atoms with Gasteiger partial charge in [-0.3, -0.25) is 19.2 Å². The predicted molar refractivity (Wildman–Crippen MR) is 114 cm³/mol. The van der Waals surface area contributed by atoms with E-state index < -0.39 is 58.5 Å². The molecule has 2 aromatic carbocycles. The molecule has 35 heavy (non-hydrogen) atoms. The third-order valence-electron chi connectivity index (χ3n) is 4.78. The van der Waals surface area contributed by atoms with Crippen molar-refractivity contribution in [3.63, 3.8) is 0 Å². The SMILES string of the molecule is O=C(Cl)CCCOc1cc(N2C(=O)C=CC2=O)ccc1CCC(=O)Oc1c(F)c(F)cc(F)c1F. The third kappa shape index (κ3) is 6.24. The van der Waals surface area contributed by atoms with Crippen LogP contribution in [0.4, 0.5) is 23.2 Å². The second-order valence-corrected chi connectivity index (χ2v) is 7.64. The molecular weight excluding hydrogens is 498 g/mol. The number of carbonyl (C=O) groups is 4. The summed E-state index contributed by atoms with van der Waals surface area (Å²) in [6.45, 7) is 0.0263. The zero-order valence-corrected chi connectivity index (χ0v) is 18.5. The molecule has 3 rings (SSSR count). The molecule has 0 aliphatic carbocycles. The Kier molecular flexibility index (Phi) is 8.23. The molecule has 0 saturated heterocycles. The number of carbonyl (C=O) groups excluding carboxylic acids is 4. The third-order valence-corrected chi connectivity index (χ3v) is 4.97. The van der Waals surface area contributed by atoms with Crippen LogP contribution >= 0.6 is 11.6 Å². The first-order valence-electron chi connectivity index (χ1n) is 10.1. The van der Waals surface area contributed by atoms with Gasteiger partial charge < -0.3 is 9.47 Å². The topological polar surface area (TPSA) is 90.0 Å². The molecule has 0 unspecified atom stereocenters. The fourth-order valence-electron chi connectivity index (χ4n) is 3.11. The van der Waals surface area contributed by atoms with Gasteiger partial charge in [0.1, 0.15) is 5.75 Å². The number of amides is 2. The van der Waals surface area contributed by atoms with E-state index in [4.69, 9.17) is 16.3 Å². The van der Waals surface area contributed by atoms with E-state index in [1.54, 1.807) is 0 Å². The van der Waals surface area contributed by atoms with E-state index in [0.29, 0.717) is 5.56 Å². The van der Waals surface area contributed by atoms with Crippen LogP contribution in [0.1, 0.15) is 24.8 Å². The Balaban J connectivity index is 1.76. The van der Waals surface area contributed by atoms with Crippen molar-refractivity contribution in [2.75, 3.05) is 11.5 Å². The quantitative estimate of drug-likeness (QED) is 0.0902. The van der Waals surface area contributed by atoms with Gasteiger partial charge in [-0.1, -0.05) is 6.07 Å². The van der Waals surface area contributed by atoms with Crippen molar-refractivity contribution in [2.45, 2.75) is 25.7 Å². The molecule has 1 aliphatic rings. The van der Waals surface area contributed by atoms with Crippen molar-refractivity contribution in [2.24, 2.45) is 0 Å². The molecule has 2 amide bonds. The van der Waals surface area contributed by atoms with Crippen molar-refractivity contribution in [3.05, 3.63) is 65.2 Å². The zero-order chi connectivity index (χ0) is 25.7. The van der Waals surface area contributed by atoms with Gasteiger partial charge in [-0.25, -0.2) is 13.7 Å². The lowest BCUT2D eigenvalue weighted by Crippen LogP contribution is -2.29. The van der Waals surface area contributed by atoms with Gasteiger partial charge in [0, 0.05) is 30.7 Å². The number of hydrogen-bond donors (Lipinski definition) is 0. The van der Waals surface area contributed by atoms with Gasteiger partial charge >= 0.3 is 5.97 Å². The normalized spacial score (nSPS) is 12.9. The molecule has 0 spiro atoms. The standard InChI is InChI=1S/C23H16ClF4NO6/c24-17(30)2-1-9-34-16-10-13(29-18(31)6-7-19(29)32)5-3-12(16)4-8-20(33)35-23-21(27)14(25)11-15(26)22(23)28/h3,5-7,10-11H,1-2,4,8-9H2. The number of esters is 1. The number of nitrogens with zero attached hydrogens (tertiary/aromatic N) is 1. The van der Waals surface area contributed by atoms with Gasteiger partial charge in [0.25, 0.3) is 11.8 Å². The lowest BCUT2D eigenvalue weighted by molar-refractivity contribution is -0.134. The van der Waals surface area contributed by atoms with Crippen molar-refractivity contribution in [1.82, 2.24) is 0 Å². The first kappa shape index (κ1) is 25.9. The summed E-state index contributed by atoms with van der Waals surface area (Å²) in [5, 5.41) is -0.571. The number of anilines is 1. The van der Waals surface area contributed by atoms with Gasteiger partial charge in [0.2, 0.25) is 22.6 Å². The first-order valence-corrected chi connectivity index (χ1v) is 10.5. The van der Waals surface area contributed by atoms with Crippen molar-refractivity contribution in [3.8, 4) is 11.5 Å². The Bertz CT molecular complexity index is 1190. The maximum atomic E-state index is 13.7. The molecular formula is C23H16ClF4NO6. The van der Waals surface area contributed by atoms with E-state index in [1.165, 1.54) is 18.2 Å². The lowest BCUT2D eigenvalue weighted by Gasteiger charge is -2.18. The molecule has 0 fully saturated rings. The maximum absolute atomic E-state index is 13.7. The van der Waals surface area contributed by atoms with Crippen LogP contribution in [-0.4, -0.2) is 29.6 Å². The lowest BCUT2D eigenvalue weighted by atomic mass is 10.1. The Morgan fingerprint density at radius 1 is 0.914 bits per heavy atom. The molecule has 184 valence electrons. The van der Waals surface area contributed by atoms with Crippen molar-refractivity contribution in [1.29, 1.82) is 0 Å². The van der Waals surface area contributed by atoms with E-state index in [0.717, 1.165) is 17.1 Å². The van der Waals surface area contributed by atoms with Gasteiger partial charge in [-0.15, -0.1) is 0 Å². The summed E-state index contributed by atoms with van der Waals surface area (Å²) in [7, 11) is 0. The fraction of sp³-hybridized carbons (Fsp3) is 0.217. The van der Waals surface area contributed by atoms with Crippen molar-refractivity contribution < 1.29 is 46.2 Å². The van der Waals surface area contributed by atoms with Crippen LogP contribution in [0.25, 0.3) is 0 Å². The summed E-state index contributed by atoms with van der Waals surface area (Å²) >= 11 is 5.29. The Morgan fingerprint density at radius 2 is 1.54 bits per heavy atom. The highest BCUT2D eigenvalue weighted by Gasteiger charge is 2.26. The second kappa shape index (κ2) is 11.1. The van der Waals surface area contributed by atoms with Gasteiger partial charge in [0.15, 0.2) is 11.6 Å². The molecule has 7 nitrogen and oxygen atoms in total. The predicted octanol–water partition coefficient (Wildman–Crippen LogP) is 4.14. The molecule has 1 aliphatic heterocycles. The van der Waals surface area contributed by atoms with Gasteiger partial charge in [0.05, 0.1) is 18.7 Å². The summed E-state index contributed by atoms with van der Waals surface area (Å²) < 4.78 is 64.2. The summed E-state index contributed by atoms with van der Waals surface area (Å²) in [4.78, 5) is 47.8. The first-order chi connectivity index (χ1) is 16.6. The van der Waals surface area contributed by atoms with Crippen LogP contribution < -0.4 is 14.4 Å². The minimum absolute atomic E-state index is 0.0175. The highest BCUT2D eigenvalue weighted by molar-refractivity contribution is 6.63. The average molecular weight is 514 g/mol. The zero-order valence-electron chi connectivity index (χ0n) is 17.8. The van der Waals surface area contributed by atoms with Crippen LogP contribution in [0.5, 0.6) is 11.5 Å². The summed E-state index contributed by atoms with van der Waals surface area (Å²) in [6.07, 6.45) is 1.87. The summed E-state index contributed by atoms with van der Waals surface area (Å²) in [5.74, 6) is -10.8. The number of aryl methyl sites for hydroxylation is 1. The number of rotatable bonds is 10. The molecule has 2 aromatic rings. The Hall–Kier alpha value is -3.73. The number of hydrogen-bond acceptors (Lipinski definition) is 6. The average Bonchev–Trinajstić information content (AvgIpc) is 3.15. The van der Waals surface area contributed by atoms with E-state index in [2.05, 4.69) is 4.74 Å². The molecule has 1 heterocycles. The van der Waals surface area contributed by atoms with E-state index in [-0.39, 0.29) is 43.4 Å². The molecule has 0 saturated carbocycles. The smallest absolute Gasteiger partial charge is 0.311 e. The second-order valence-electron chi connectivity index (χ2n) is 7.22. The number of halogens is 5. The minimum atomic E-state index is -1.85. The highest BCUT2D eigenvalue weighted by atomic mass is 35.5. The Labute approximate surface area is 200 Å². The molecule has 12 heteroatoms. The molecule has 0 atom stereocenters. The monoisotopic (exact) mass is 513 g/mol. The van der Waals surface area contributed by atoms with E-state index >= 15 is 0 Å². The number of imide groups is 1. The van der Waals surface area contributed by atoms with Crippen LogP contribution in [0.2, 0.25) is 0 Å². The molecule has 0 aromatic heterocycles. The minimum Gasteiger partial charge on any atom is -0.493 e. The van der Waals surface area contributed by atoms with Crippen LogP contribution in [0.3, 0.4) is 0 Å². The van der Waals surface area contributed by atoms with E-state index in [9.17, 15) is 36.7 Å². The van der Waals surface area contributed by atoms with E-state index in [1.807, 2.05) is 0 Å². The van der Waals surface area contributed by atoms with Gasteiger partial charge in [-0.2, -0.15) is 8.78 Å². The fourth-order valence-corrected chi connectivity index (χ4v) is 3.25. The van der Waals surface area contributed by atoms with Crippen LogP contribution in [0, 0.1) is 23.3 Å². The maximum Gasteiger partial charge on any atom is 0.311 e. The highest BCUT2D eigenvalue weighted by Crippen LogP contribution is 2.30. The molecule has 0 N–H and O–H groups in total. The van der Waals surface area contributed by atoms with Crippen molar-refractivity contribution >= 4 is 40.3 Å². The Morgan fingerprint density at radius 3 is 2.14 bits per heavy atom. The largest absolute Gasteiger partial charge is 0.493 e. The molecule has 0 bridgehead atoms. The number of benzene rings is 2. The van der Waals surface area contributed by atoms with Crippen LogP contribution in [-0.2, 0) is 25.6 Å². The molecule has 0 radical (unpaired) electrons. The van der Waals surface area contributed by atoms with Gasteiger partial charge in [-0.05, 0) is 36.1 Å². The summed E-state index contributed by atoms with van der Waals surface area (Å²) in [5.41, 5.74) is 0.556. The number of ether oxygens (including phenoxy) is 2. The van der Waals surface area contributed by atoms with Crippen LogP contribution in [0.15, 0.2) is 36.4 Å². The summed E-state index contributed by atoms with van der Waals surface area (Å²) in [6, 6.07) is 4.22.